The number of hydrogen-bond acceptors (Lipinski definition) is 0. The molecule has 2 aromatic carbocycles. The molecular weight excluding hydrogens is 404 g/mol. The Hall–Kier alpha value is -0.390. The van der Waals surface area contributed by atoms with Crippen molar-refractivity contribution in [3.8, 4) is 0 Å². The van der Waals surface area contributed by atoms with Gasteiger partial charge in [-0.2, -0.15) is 0 Å². The van der Waals surface area contributed by atoms with Crippen LogP contribution in [0, 0.1) is 15.2 Å². The van der Waals surface area contributed by atoms with Gasteiger partial charge in [0.05, 0.1) is 5.38 Å². The summed E-state index contributed by atoms with van der Waals surface area (Å²) in [6.45, 7) is 0. The van der Waals surface area contributed by atoms with Crippen molar-refractivity contribution in [3.05, 3.63) is 67.8 Å². The Morgan fingerprint density at radius 1 is 1.05 bits per heavy atom. The highest BCUT2D eigenvalue weighted by Crippen LogP contribution is 2.31. The lowest BCUT2D eigenvalue weighted by Gasteiger charge is -2.12. The van der Waals surface area contributed by atoms with Crippen LogP contribution in [0.1, 0.15) is 16.5 Å². The van der Waals surface area contributed by atoms with Gasteiger partial charge in [0.15, 0.2) is 11.6 Å². The Morgan fingerprint density at radius 2 is 1.79 bits per heavy atom. The molecule has 19 heavy (non-hydrogen) atoms. The highest BCUT2D eigenvalue weighted by Gasteiger charge is 2.14. The molecule has 0 bridgehead atoms. The molecule has 0 fully saturated rings. The SMILES string of the molecule is Fc1ccc(CC(Cl)c2cc(Cl)ccc2I)cc1F. The van der Waals surface area contributed by atoms with Gasteiger partial charge in [-0.05, 0) is 70.5 Å². The van der Waals surface area contributed by atoms with Crippen molar-refractivity contribution < 1.29 is 8.78 Å². The second-order valence-corrected chi connectivity index (χ2v) is 6.21. The molecule has 0 heterocycles. The summed E-state index contributed by atoms with van der Waals surface area (Å²) < 4.78 is 27.0. The fourth-order valence-electron chi connectivity index (χ4n) is 1.74. The molecule has 0 aliphatic rings. The van der Waals surface area contributed by atoms with Crippen molar-refractivity contribution >= 4 is 45.8 Å². The lowest BCUT2D eigenvalue weighted by Crippen LogP contribution is -1.99. The van der Waals surface area contributed by atoms with Gasteiger partial charge in [-0.3, -0.25) is 0 Å². The zero-order chi connectivity index (χ0) is 14.0. The first kappa shape index (κ1) is 15.0. The van der Waals surface area contributed by atoms with Crippen molar-refractivity contribution in [2.75, 3.05) is 0 Å². The average molecular weight is 413 g/mol. The van der Waals surface area contributed by atoms with Crippen molar-refractivity contribution in [2.24, 2.45) is 0 Å². The Bertz CT molecular complexity index is 602. The van der Waals surface area contributed by atoms with E-state index in [1.54, 1.807) is 12.1 Å². The summed E-state index contributed by atoms with van der Waals surface area (Å²) in [5.41, 5.74) is 1.54. The molecule has 0 spiro atoms. The van der Waals surface area contributed by atoms with Gasteiger partial charge in [0, 0.05) is 8.59 Å². The first-order valence-electron chi connectivity index (χ1n) is 5.50. The van der Waals surface area contributed by atoms with Crippen LogP contribution in [0.25, 0.3) is 0 Å². The number of rotatable bonds is 3. The van der Waals surface area contributed by atoms with Crippen molar-refractivity contribution in [1.29, 1.82) is 0 Å². The van der Waals surface area contributed by atoms with E-state index in [4.69, 9.17) is 23.2 Å². The van der Waals surface area contributed by atoms with Crippen LogP contribution in [0.15, 0.2) is 36.4 Å². The number of hydrogen-bond donors (Lipinski definition) is 0. The van der Waals surface area contributed by atoms with Crippen LogP contribution in [0.5, 0.6) is 0 Å². The molecule has 0 N–H and O–H groups in total. The summed E-state index contributed by atoms with van der Waals surface area (Å²) in [6, 6.07) is 9.26. The molecule has 0 nitrogen and oxygen atoms in total. The topological polar surface area (TPSA) is 0 Å². The Labute approximate surface area is 133 Å². The minimum Gasteiger partial charge on any atom is -0.204 e. The third-order valence-electron chi connectivity index (χ3n) is 2.69. The predicted molar refractivity (Wildman–Crippen MR) is 82.8 cm³/mol. The summed E-state index contributed by atoms with van der Waals surface area (Å²) in [4.78, 5) is 0. The molecule has 100 valence electrons. The highest BCUT2D eigenvalue weighted by atomic mass is 127. The lowest BCUT2D eigenvalue weighted by molar-refractivity contribution is 0.507. The van der Waals surface area contributed by atoms with Gasteiger partial charge >= 0.3 is 0 Å². The van der Waals surface area contributed by atoms with E-state index in [-0.39, 0.29) is 5.38 Å². The largest absolute Gasteiger partial charge is 0.204 e. The number of halogens is 5. The molecule has 0 amide bonds. The second kappa shape index (κ2) is 6.37. The Balaban J connectivity index is 2.22. The molecule has 5 heteroatoms. The zero-order valence-corrected chi connectivity index (χ0v) is 13.3. The van der Waals surface area contributed by atoms with E-state index < -0.39 is 11.6 Å². The number of benzene rings is 2. The molecule has 0 saturated heterocycles. The summed E-state index contributed by atoms with van der Waals surface area (Å²) in [6.07, 6.45) is 0.412. The third-order valence-corrected chi connectivity index (χ3v) is 4.30. The first-order chi connectivity index (χ1) is 8.97. The van der Waals surface area contributed by atoms with E-state index in [0.29, 0.717) is 17.0 Å². The minimum atomic E-state index is -0.859. The van der Waals surface area contributed by atoms with Gasteiger partial charge in [0.2, 0.25) is 0 Å². The molecule has 0 saturated carbocycles. The van der Waals surface area contributed by atoms with Crippen molar-refractivity contribution in [3.63, 3.8) is 0 Å². The second-order valence-electron chi connectivity index (χ2n) is 4.09. The third kappa shape index (κ3) is 3.80. The summed E-state index contributed by atoms with van der Waals surface area (Å²) in [7, 11) is 0. The van der Waals surface area contributed by atoms with Crippen LogP contribution in [-0.4, -0.2) is 0 Å². The average Bonchev–Trinajstić information content (AvgIpc) is 2.36. The van der Waals surface area contributed by atoms with Crippen LogP contribution in [-0.2, 0) is 6.42 Å². The quantitative estimate of drug-likeness (QED) is 0.445. The highest BCUT2D eigenvalue weighted by molar-refractivity contribution is 14.1. The van der Waals surface area contributed by atoms with Crippen LogP contribution in [0.4, 0.5) is 8.78 Å². The summed E-state index contributed by atoms with van der Waals surface area (Å²) in [5.74, 6) is -1.71. The Morgan fingerprint density at radius 3 is 2.47 bits per heavy atom. The van der Waals surface area contributed by atoms with Crippen LogP contribution >= 0.6 is 45.8 Å². The molecule has 1 atom stereocenters. The van der Waals surface area contributed by atoms with Gasteiger partial charge in [0.1, 0.15) is 0 Å². The van der Waals surface area contributed by atoms with Crippen molar-refractivity contribution in [2.45, 2.75) is 11.8 Å². The maximum Gasteiger partial charge on any atom is 0.159 e. The molecule has 0 aliphatic heterocycles. The fourth-order valence-corrected chi connectivity index (χ4v) is 3.17. The van der Waals surface area contributed by atoms with E-state index >= 15 is 0 Å². The van der Waals surface area contributed by atoms with Gasteiger partial charge in [-0.25, -0.2) is 8.78 Å². The predicted octanol–water partition coefficient (Wildman–Crippen LogP) is 5.75. The number of alkyl halides is 1. The standard InChI is InChI=1S/C14H9Cl2F2I/c15-9-2-4-14(19)10(7-9)11(16)5-8-1-3-12(17)13(18)6-8/h1-4,6-7,11H,5H2. The summed E-state index contributed by atoms with van der Waals surface area (Å²) >= 11 is 14.4. The van der Waals surface area contributed by atoms with E-state index in [1.807, 2.05) is 6.07 Å². The van der Waals surface area contributed by atoms with Gasteiger partial charge in [-0.1, -0.05) is 17.7 Å². The first-order valence-corrected chi connectivity index (χ1v) is 7.39. The molecule has 2 aromatic rings. The maximum atomic E-state index is 13.1. The van der Waals surface area contributed by atoms with Crippen LogP contribution in [0.3, 0.4) is 0 Å². The molecule has 0 aliphatic carbocycles. The molecule has 1 unspecified atom stereocenters. The van der Waals surface area contributed by atoms with E-state index in [1.165, 1.54) is 12.1 Å². The van der Waals surface area contributed by atoms with Gasteiger partial charge in [0.25, 0.3) is 0 Å². The smallest absolute Gasteiger partial charge is 0.159 e. The minimum absolute atomic E-state index is 0.338. The molecule has 0 aromatic heterocycles. The van der Waals surface area contributed by atoms with E-state index in [2.05, 4.69) is 22.6 Å². The van der Waals surface area contributed by atoms with E-state index in [9.17, 15) is 8.78 Å². The zero-order valence-electron chi connectivity index (χ0n) is 9.64. The normalized spacial score (nSPS) is 12.5. The maximum absolute atomic E-state index is 13.1. The molecule has 0 radical (unpaired) electrons. The van der Waals surface area contributed by atoms with Crippen molar-refractivity contribution in [1.82, 2.24) is 0 Å². The van der Waals surface area contributed by atoms with Crippen LogP contribution in [0.2, 0.25) is 5.02 Å². The lowest BCUT2D eigenvalue weighted by atomic mass is 10.0. The monoisotopic (exact) mass is 412 g/mol. The Kier molecular flexibility index (Phi) is 5.03. The van der Waals surface area contributed by atoms with Gasteiger partial charge < -0.3 is 0 Å². The van der Waals surface area contributed by atoms with Gasteiger partial charge in [-0.15, -0.1) is 11.6 Å². The van der Waals surface area contributed by atoms with Crippen LogP contribution < -0.4 is 0 Å². The summed E-state index contributed by atoms with van der Waals surface area (Å²) in [5, 5.41) is 0.266. The fraction of sp³-hybridized carbons (Fsp3) is 0.143. The molecular formula is C14H9Cl2F2I. The van der Waals surface area contributed by atoms with E-state index in [0.717, 1.165) is 15.2 Å². The molecule has 2 rings (SSSR count).